The van der Waals surface area contributed by atoms with Gasteiger partial charge in [-0.15, -0.1) is 0 Å². The van der Waals surface area contributed by atoms with Crippen LogP contribution in [0.3, 0.4) is 0 Å². The van der Waals surface area contributed by atoms with Crippen molar-refractivity contribution in [2.75, 3.05) is 13.7 Å². The van der Waals surface area contributed by atoms with Crippen molar-refractivity contribution < 1.29 is 19.1 Å². The van der Waals surface area contributed by atoms with Gasteiger partial charge >= 0.3 is 5.97 Å². The lowest BCUT2D eigenvalue weighted by Gasteiger charge is -2.02. The summed E-state index contributed by atoms with van der Waals surface area (Å²) < 4.78 is 4.57. The van der Waals surface area contributed by atoms with E-state index in [9.17, 15) is 14.4 Å². The monoisotopic (exact) mass is 385 g/mol. The molecule has 0 rings (SSSR count). The van der Waals surface area contributed by atoms with E-state index >= 15 is 0 Å². The van der Waals surface area contributed by atoms with Crippen molar-refractivity contribution in [2.24, 2.45) is 0 Å². The minimum absolute atomic E-state index is 0.0675. The molecule has 6 heteroatoms. The van der Waals surface area contributed by atoms with Crippen molar-refractivity contribution in [1.29, 1.82) is 0 Å². The predicted molar refractivity (Wildman–Crippen MR) is 108 cm³/mol. The second-order valence-electron chi connectivity index (χ2n) is 6.34. The molecule has 0 aromatic heterocycles. The maximum Gasteiger partial charge on any atom is 0.305 e. The van der Waals surface area contributed by atoms with Crippen molar-refractivity contribution in [3.63, 3.8) is 0 Å². The second kappa shape index (κ2) is 18.5. The summed E-state index contributed by atoms with van der Waals surface area (Å²) in [5, 5.41) is 4.47. The summed E-state index contributed by atoms with van der Waals surface area (Å²) in [4.78, 5) is 34.3. The molecule has 0 spiro atoms. The smallest absolute Gasteiger partial charge is 0.305 e. The molecule has 0 aliphatic carbocycles. The van der Waals surface area contributed by atoms with Gasteiger partial charge in [-0.3, -0.25) is 14.4 Å². The molecule has 0 aliphatic rings. The van der Waals surface area contributed by atoms with Crippen LogP contribution in [0.1, 0.15) is 84.0 Å². The van der Waals surface area contributed by atoms with Crippen molar-refractivity contribution in [2.45, 2.75) is 84.0 Å². The lowest BCUT2D eigenvalue weighted by Crippen LogP contribution is -2.21. The highest BCUT2D eigenvalue weighted by Crippen LogP contribution is 2.12. The SMILES string of the molecule is CCCCCCCCNC(=O)C=CSC(=O)CCCCCCC(=O)OC. The molecule has 0 aromatic carbocycles. The van der Waals surface area contributed by atoms with E-state index in [0.717, 1.165) is 50.3 Å². The van der Waals surface area contributed by atoms with Crippen molar-refractivity contribution in [3.05, 3.63) is 11.5 Å². The number of unbranched alkanes of at least 4 members (excludes halogenated alkanes) is 8. The van der Waals surface area contributed by atoms with Crippen molar-refractivity contribution >= 4 is 28.8 Å². The van der Waals surface area contributed by atoms with Crippen LogP contribution in [-0.2, 0) is 19.1 Å². The third-order valence-corrected chi connectivity index (χ3v) is 4.73. The molecule has 5 nitrogen and oxygen atoms in total. The van der Waals surface area contributed by atoms with E-state index in [2.05, 4.69) is 17.0 Å². The molecule has 0 saturated heterocycles. The third-order valence-electron chi connectivity index (χ3n) is 3.99. The van der Waals surface area contributed by atoms with Crippen LogP contribution in [0.15, 0.2) is 11.5 Å². The summed E-state index contributed by atoms with van der Waals surface area (Å²) in [5.41, 5.74) is 0. The molecule has 1 amide bonds. The Morgan fingerprint density at radius 3 is 2.19 bits per heavy atom. The Bertz CT molecular complexity index is 424. The maximum absolute atomic E-state index is 11.7. The lowest BCUT2D eigenvalue weighted by molar-refractivity contribution is -0.140. The van der Waals surface area contributed by atoms with Crippen LogP contribution in [0.4, 0.5) is 0 Å². The average molecular weight is 386 g/mol. The van der Waals surface area contributed by atoms with Crippen LogP contribution in [0.5, 0.6) is 0 Å². The number of hydrogen-bond acceptors (Lipinski definition) is 5. The van der Waals surface area contributed by atoms with Gasteiger partial charge in [0.2, 0.25) is 5.91 Å². The number of carbonyl (C=O) groups excluding carboxylic acids is 3. The van der Waals surface area contributed by atoms with Crippen LogP contribution < -0.4 is 5.32 Å². The van der Waals surface area contributed by atoms with Crippen molar-refractivity contribution in [3.8, 4) is 0 Å². The van der Waals surface area contributed by atoms with E-state index in [1.165, 1.54) is 38.9 Å². The Morgan fingerprint density at radius 1 is 0.885 bits per heavy atom. The number of thioether (sulfide) groups is 1. The highest BCUT2D eigenvalue weighted by Gasteiger charge is 2.03. The molecular formula is C20H35NO4S. The number of ether oxygens (including phenoxy) is 1. The quantitative estimate of drug-likeness (QED) is 0.236. The molecule has 0 heterocycles. The van der Waals surface area contributed by atoms with Gasteiger partial charge in [-0.1, -0.05) is 63.6 Å². The Kier molecular flexibility index (Phi) is 17.6. The first-order valence-electron chi connectivity index (χ1n) is 9.80. The van der Waals surface area contributed by atoms with E-state index in [1.807, 2.05) is 0 Å². The zero-order valence-corrected chi connectivity index (χ0v) is 17.2. The summed E-state index contributed by atoms with van der Waals surface area (Å²) in [7, 11) is 1.39. The summed E-state index contributed by atoms with van der Waals surface area (Å²) >= 11 is 1.08. The highest BCUT2D eigenvalue weighted by molar-refractivity contribution is 8.16. The topological polar surface area (TPSA) is 72.5 Å². The molecule has 0 aromatic rings. The molecule has 150 valence electrons. The van der Waals surface area contributed by atoms with Crippen LogP contribution in [-0.4, -0.2) is 30.6 Å². The summed E-state index contributed by atoms with van der Waals surface area (Å²) in [5.74, 6) is -0.321. The van der Waals surface area contributed by atoms with Gasteiger partial charge in [0.15, 0.2) is 5.12 Å². The first kappa shape index (κ1) is 24.7. The van der Waals surface area contributed by atoms with Gasteiger partial charge in [-0.2, -0.15) is 0 Å². The van der Waals surface area contributed by atoms with Gasteiger partial charge in [-0.05, 0) is 24.7 Å². The summed E-state index contributed by atoms with van der Waals surface area (Å²) in [6.07, 6.45) is 13.0. The zero-order chi connectivity index (χ0) is 19.5. The van der Waals surface area contributed by atoms with E-state index < -0.39 is 0 Å². The standard InChI is InChI=1S/C20H35NO4S/c1-3-4-5-6-9-12-16-21-18(22)15-17-26-20(24)14-11-8-7-10-13-19(23)25-2/h15,17H,3-14,16H2,1-2H3,(H,21,22). The van der Waals surface area contributed by atoms with Gasteiger partial charge in [0.05, 0.1) is 7.11 Å². The summed E-state index contributed by atoms with van der Waals surface area (Å²) in [6, 6.07) is 0. The largest absolute Gasteiger partial charge is 0.469 e. The van der Waals surface area contributed by atoms with Crippen LogP contribution in [0.2, 0.25) is 0 Å². The fourth-order valence-corrected chi connectivity index (χ4v) is 3.01. The van der Waals surface area contributed by atoms with E-state index in [0.29, 0.717) is 19.4 Å². The van der Waals surface area contributed by atoms with Gasteiger partial charge in [-0.25, -0.2) is 0 Å². The molecule has 1 N–H and O–H groups in total. The van der Waals surface area contributed by atoms with Gasteiger partial charge in [0, 0.05) is 25.5 Å². The van der Waals surface area contributed by atoms with E-state index in [-0.39, 0.29) is 17.0 Å². The van der Waals surface area contributed by atoms with E-state index in [4.69, 9.17) is 0 Å². The van der Waals surface area contributed by atoms with Gasteiger partial charge < -0.3 is 10.1 Å². The first-order valence-corrected chi connectivity index (χ1v) is 10.7. The van der Waals surface area contributed by atoms with Gasteiger partial charge in [0.25, 0.3) is 0 Å². The normalized spacial score (nSPS) is 10.8. The molecule has 0 unspecified atom stereocenters. The fourth-order valence-electron chi connectivity index (χ4n) is 2.40. The van der Waals surface area contributed by atoms with Crippen LogP contribution in [0.25, 0.3) is 0 Å². The summed E-state index contributed by atoms with van der Waals surface area (Å²) in [6.45, 7) is 2.89. The minimum atomic E-state index is -0.184. The molecule has 26 heavy (non-hydrogen) atoms. The number of methoxy groups -OCH3 is 1. The van der Waals surface area contributed by atoms with Crippen LogP contribution >= 0.6 is 11.8 Å². The lowest BCUT2D eigenvalue weighted by atomic mass is 10.1. The Hall–Kier alpha value is -1.30. The zero-order valence-electron chi connectivity index (χ0n) is 16.4. The van der Waals surface area contributed by atoms with Crippen LogP contribution in [0, 0.1) is 0 Å². The average Bonchev–Trinajstić information content (AvgIpc) is 2.63. The molecule has 0 bridgehead atoms. The number of hydrogen-bond donors (Lipinski definition) is 1. The Balaban J connectivity index is 3.51. The predicted octanol–water partition coefficient (Wildman–Crippen LogP) is 4.75. The second-order valence-corrected chi connectivity index (χ2v) is 7.30. The molecule has 0 saturated carbocycles. The Morgan fingerprint density at radius 2 is 1.50 bits per heavy atom. The molecule has 0 atom stereocenters. The van der Waals surface area contributed by atoms with E-state index in [1.54, 1.807) is 5.41 Å². The third kappa shape index (κ3) is 17.5. The molecule has 0 radical (unpaired) electrons. The Labute approximate surface area is 162 Å². The molecular weight excluding hydrogens is 350 g/mol. The maximum atomic E-state index is 11.7. The molecule has 0 fully saturated rings. The number of carbonyl (C=O) groups is 3. The number of rotatable bonds is 16. The van der Waals surface area contributed by atoms with Crippen molar-refractivity contribution in [1.82, 2.24) is 5.32 Å². The number of esters is 1. The number of amides is 1. The number of nitrogens with one attached hydrogen (secondary N) is 1. The highest BCUT2D eigenvalue weighted by atomic mass is 32.2. The first-order chi connectivity index (χ1) is 12.6. The van der Waals surface area contributed by atoms with Gasteiger partial charge in [0.1, 0.15) is 0 Å². The molecule has 0 aliphatic heterocycles. The minimum Gasteiger partial charge on any atom is -0.469 e. The fraction of sp³-hybridized carbons (Fsp3) is 0.750.